The van der Waals surface area contributed by atoms with Crippen molar-refractivity contribution in [2.45, 2.75) is 12.7 Å². The minimum absolute atomic E-state index is 0.0301. The molecular weight excluding hydrogens is 416 g/mol. The van der Waals surface area contributed by atoms with Crippen molar-refractivity contribution in [1.29, 1.82) is 0 Å². The number of fused-ring (bicyclic) bond motifs is 1. The second-order valence-electron chi connectivity index (χ2n) is 7.23. The van der Waals surface area contributed by atoms with Crippen molar-refractivity contribution in [3.63, 3.8) is 0 Å². The fourth-order valence-corrected chi connectivity index (χ4v) is 5.12. The summed E-state index contributed by atoms with van der Waals surface area (Å²) in [6.45, 7) is 3.42. The highest BCUT2D eigenvalue weighted by molar-refractivity contribution is 7.88. The van der Waals surface area contributed by atoms with E-state index in [-0.39, 0.29) is 18.1 Å². The molecule has 1 aliphatic rings. The van der Waals surface area contributed by atoms with E-state index in [2.05, 4.69) is 9.97 Å². The number of rotatable bonds is 6. The summed E-state index contributed by atoms with van der Waals surface area (Å²) in [4.78, 5) is 23.6. The van der Waals surface area contributed by atoms with Crippen molar-refractivity contribution < 1.29 is 17.9 Å². The van der Waals surface area contributed by atoms with Gasteiger partial charge in [-0.3, -0.25) is 0 Å². The molecule has 31 heavy (non-hydrogen) atoms. The van der Waals surface area contributed by atoms with Gasteiger partial charge in [-0.2, -0.15) is 4.31 Å². The van der Waals surface area contributed by atoms with Crippen molar-refractivity contribution in [3.05, 3.63) is 65.9 Å². The van der Waals surface area contributed by atoms with Crippen molar-refractivity contribution in [2.75, 3.05) is 37.7 Å². The number of hydrogen-bond donors (Lipinski definition) is 0. The van der Waals surface area contributed by atoms with Crippen LogP contribution in [0.4, 0.5) is 5.82 Å². The molecule has 1 fully saturated rings. The van der Waals surface area contributed by atoms with Crippen LogP contribution >= 0.6 is 0 Å². The van der Waals surface area contributed by atoms with Gasteiger partial charge in [0.1, 0.15) is 0 Å². The number of para-hydroxylation sites is 2. The molecule has 4 rings (SSSR count). The maximum absolute atomic E-state index is 12.8. The first kappa shape index (κ1) is 21.2. The molecule has 2 aromatic carbocycles. The Morgan fingerprint density at radius 2 is 1.55 bits per heavy atom. The third-order valence-electron chi connectivity index (χ3n) is 5.14. The summed E-state index contributed by atoms with van der Waals surface area (Å²) < 4.78 is 32.3. The lowest BCUT2D eigenvalue weighted by Gasteiger charge is -2.35. The van der Waals surface area contributed by atoms with Crippen LogP contribution in [0.1, 0.15) is 23.0 Å². The average Bonchev–Trinajstić information content (AvgIpc) is 2.79. The molecule has 0 spiro atoms. The molecule has 2 heterocycles. The summed E-state index contributed by atoms with van der Waals surface area (Å²) in [7, 11) is -3.43. The molecule has 9 heteroatoms. The number of esters is 1. The van der Waals surface area contributed by atoms with E-state index in [9.17, 15) is 13.2 Å². The molecular formula is C22H24N4O4S. The topological polar surface area (TPSA) is 92.7 Å². The SMILES string of the molecule is CCOC(=O)c1nc2ccccc2nc1N1CCN(S(=O)(=O)Cc2ccccc2)CC1. The second kappa shape index (κ2) is 8.99. The van der Waals surface area contributed by atoms with Gasteiger partial charge >= 0.3 is 5.97 Å². The molecule has 0 bridgehead atoms. The monoisotopic (exact) mass is 440 g/mol. The smallest absolute Gasteiger partial charge is 0.360 e. The van der Waals surface area contributed by atoms with Crippen molar-refractivity contribution in [3.8, 4) is 0 Å². The van der Waals surface area contributed by atoms with Gasteiger partial charge in [-0.25, -0.2) is 23.2 Å². The molecule has 0 amide bonds. The van der Waals surface area contributed by atoms with Crippen LogP contribution in [-0.4, -0.2) is 61.4 Å². The van der Waals surface area contributed by atoms with E-state index in [0.29, 0.717) is 43.0 Å². The maximum atomic E-state index is 12.8. The third kappa shape index (κ3) is 4.67. The van der Waals surface area contributed by atoms with E-state index in [1.807, 2.05) is 53.4 Å². The zero-order valence-corrected chi connectivity index (χ0v) is 18.1. The zero-order chi connectivity index (χ0) is 21.8. The van der Waals surface area contributed by atoms with Crippen LogP contribution in [0.15, 0.2) is 54.6 Å². The first-order valence-electron chi connectivity index (χ1n) is 10.2. The van der Waals surface area contributed by atoms with E-state index >= 15 is 0 Å². The van der Waals surface area contributed by atoms with E-state index < -0.39 is 16.0 Å². The summed E-state index contributed by atoms with van der Waals surface area (Å²) in [6, 6.07) is 16.5. The average molecular weight is 441 g/mol. The van der Waals surface area contributed by atoms with Crippen molar-refractivity contribution in [2.24, 2.45) is 0 Å². The van der Waals surface area contributed by atoms with Gasteiger partial charge in [0.15, 0.2) is 11.5 Å². The van der Waals surface area contributed by atoms with Gasteiger partial charge in [0.05, 0.1) is 23.4 Å². The molecule has 1 aliphatic heterocycles. The molecule has 8 nitrogen and oxygen atoms in total. The minimum Gasteiger partial charge on any atom is -0.461 e. The normalized spacial score (nSPS) is 15.2. The van der Waals surface area contributed by atoms with E-state index in [1.165, 1.54) is 4.31 Å². The first-order chi connectivity index (χ1) is 15.0. The number of sulfonamides is 1. The van der Waals surface area contributed by atoms with Crippen LogP contribution in [0.2, 0.25) is 0 Å². The van der Waals surface area contributed by atoms with Gasteiger partial charge in [-0.05, 0) is 24.6 Å². The van der Waals surface area contributed by atoms with Crippen LogP contribution in [-0.2, 0) is 20.5 Å². The Balaban J connectivity index is 1.55. The Kier molecular flexibility index (Phi) is 6.15. The van der Waals surface area contributed by atoms with Crippen LogP contribution in [0.25, 0.3) is 11.0 Å². The first-order valence-corrected chi connectivity index (χ1v) is 11.8. The summed E-state index contributed by atoms with van der Waals surface area (Å²) in [5.74, 6) is -0.135. The Bertz CT molecular complexity index is 1180. The molecule has 0 N–H and O–H groups in total. The predicted octanol–water partition coefficient (Wildman–Crippen LogP) is 2.46. The fraction of sp³-hybridized carbons (Fsp3) is 0.318. The van der Waals surface area contributed by atoms with Crippen LogP contribution in [0, 0.1) is 0 Å². The number of piperazine rings is 1. The van der Waals surface area contributed by atoms with Crippen LogP contribution < -0.4 is 4.90 Å². The molecule has 0 radical (unpaired) electrons. The van der Waals surface area contributed by atoms with Crippen LogP contribution in [0.3, 0.4) is 0 Å². The summed E-state index contributed by atoms with van der Waals surface area (Å²) in [5.41, 5.74) is 2.19. The highest BCUT2D eigenvalue weighted by Crippen LogP contribution is 2.24. The highest BCUT2D eigenvalue weighted by atomic mass is 32.2. The Morgan fingerprint density at radius 3 is 2.19 bits per heavy atom. The number of aromatic nitrogens is 2. The third-order valence-corrected chi connectivity index (χ3v) is 6.99. The van der Waals surface area contributed by atoms with Gasteiger partial charge in [0, 0.05) is 26.2 Å². The molecule has 0 saturated carbocycles. The lowest BCUT2D eigenvalue weighted by molar-refractivity contribution is 0.0520. The molecule has 0 unspecified atom stereocenters. The molecule has 1 saturated heterocycles. The van der Waals surface area contributed by atoms with Gasteiger partial charge in [0.25, 0.3) is 0 Å². The number of ether oxygens (including phenoxy) is 1. The zero-order valence-electron chi connectivity index (χ0n) is 17.3. The minimum atomic E-state index is -3.43. The summed E-state index contributed by atoms with van der Waals surface area (Å²) in [5, 5.41) is 0. The Hall–Kier alpha value is -3.04. The van der Waals surface area contributed by atoms with Gasteiger partial charge in [0.2, 0.25) is 10.0 Å². The largest absolute Gasteiger partial charge is 0.461 e. The lowest BCUT2D eigenvalue weighted by atomic mass is 10.2. The number of anilines is 1. The summed E-state index contributed by atoms with van der Waals surface area (Å²) in [6.07, 6.45) is 0. The Labute approximate surface area is 181 Å². The van der Waals surface area contributed by atoms with Crippen molar-refractivity contribution >= 4 is 32.8 Å². The number of carbonyl (C=O) groups excluding carboxylic acids is 1. The molecule has 0 atom stereocenters. The molecule has 1 aromatic heterocycles. The Morgan fingerprint density at radius 1 is 0.935 bits per heavy atom. The number of nitrogens with zero attached hydrogens (tertiary/aromatic N) is 4. The summed E-state index contributed by atoms with van der Waals surface area (Å²) >= 11 is 0. The predicted molar refractivity (Wildman–Crippen MR) is 118 cm³/mol. The molecule has 0 aliphatic carbocycles. The number of benzene rings is 2. The van der Waals surface area contributed by atoms with Gasteiger partial charge in [-0.1, -0.05) is 42.5 Å². The molecule has 162 valence electrons. The lowest BCUT2D eigenvalue weighted by Crippen LogP contribution is -2.49. The highest BCUT2D eigenvalue weighted by Gasteiger charge is 2.30. The van der Waals surface area contributed by atoms with E-state index in [4.69, 9.17) is 4.74 Å². The second-order valence-corrected chi connectivity index (χ2v) is 9.20. The van der Waals surface area contributed by atoms with Crippen LogP contribution in [0.5, 0.6) is 0 Å². The standard InChI is InChI=1S/C22H24N4O4S/c1-2-30-22(27)20-21(24-19-11-7-6-10-18(19)23-20)25-12-14-26(15-13-25)31(28,29)16-17-8-4-3-5-9-17/h3-11H,2,12-16H2,1H3. The quantitative estimate of drug-likeness (QED) is 0.544. The molecule has 3 aromatic rings. The fourth-order valence-electron chi connectivity index (χ4n) is 3.60. The van der Waals surface area contributed by atoms with Crippen molar-refractivity contribution in [1.82, 2.24) is 14.3 Å². The van der Waals surface area contributed by atoms with E-state index in [0.717, 1.165) is 5.56 Å². The van der Waals surface area contributed by atoms with Gasteiger partial charge in [-0.15, -0.1) is 0 Å². The van der Waals surface area contributed by atoms with E-state index in [1.54, 1.807) is 13.0 Å². The number of carbonyl (C=O) groups is 1. The number of hydrogen-bond acceptors (Lipinski definition) is 7. The maximum Gasteiger partial charge on any atom is 0.360 e. The van der Waals surface area contributed by atoms with Gasteiger partial charge < -0.3 is 9.64 Å².